The van der Waals surface area contributed by atoms with Gasteiger partial charge in [-0.25, -0.2) is 4.99 Å². The van der Waals surface area contributed by atoms with E-state index in [9.17, 15) is 10.1 Å². The Morgan fingerprint density at radius 1 is 1.30 bits per heavy atom. The molecule has 5 rings (SSSR count). The van der Waals surface area contributed by atoms with Gasteiger partial charge < -0.3 is 15.2 Å². The zero-order chi connectivity index (χ0) is 21.3. The summed E-state index contributed by atoms with van der Waals surface area (Å²) in [7, 11) is 1.77. The summed E-state index contributed by atoms with van der Waals surface area (Å²) in [4.78, 5) is 20.7. The van der Waals surface area contributed by atoms with Crippen LogP contribution in [-0.2, 0) is 26.2 Å². The maximum atomic E-state index is 14.1. The number of hydrogen-bond acceptors (Lipinski definition) is 6. The van der Waals surface area contributed by atoms with E-state index >= 15 is 0 Å². The number of fused-ring (bicyclic) bond motifs is 3. The van der Waals surface area contributed by atoms with Crippen LogP contribution in [0.2, 0.25) is 0 Å². The Balaban J connectivity index is 1.69. The first kappa shape index (κ1) is 19.5. The molecule has 1 aromatic rings. The first-order chi connectivity index (χ1) is 14.4. The van der Waals surface area contributed by atoms with E-state index in [4.69, 9.17) is 20.2 Å². The number of guanidine groups is 1. The van der Waals surface area contributed by atoms with Gasteiger partial charge in [-0.05, 0) is 54.4 Å². The summed E-state index contributed by atoms with van der Waals surface area (Å²) < 4.78 is 11.1. The summed E-state index contributed by atoms with van der Waals surface area (Å²) in [6.07, 6.45) is 2.56. The van der Waals surface area contributed by atoms with Crippen molar-refractivity contribution >= 4 is 11.9 Å². The number of ether oxygens (including phenoxy) is 2. The lowest BCUT2D eigenvalue weighted by Gasteiger charge is -2.50. The van der Waals surface area contributed by atoms with Crippen molar-refractivity contribution in [3.05, 3.63) is 34.9 Å². The van der Waals surface area contributed by atoms with E-state index in [0.717, 1.165) is 30.4 Å². The summed E-state index contributed by atoms with van der Waals surface area (Å²) in [5.74, 6) is 0.783. The molecule has 3 unspecified atom stereocenters. The van der Waals surface area contributed by atoms with Gasteiger partial charge in [0.25, 0.3) is 5.91 Å². The first-order valence-electron chi connectivity index (χ1n) is 10.7. The van der Waals surface area contributed by atoms with Crippen molar-refractivity contribution in [2.75, 3.05) is 20.3 Å². The third-order valence-electron chi connectivity index (χ3n) is 7.79. The summed E-state index contributed by atoms with van der Waals surface area (Å²) in [5, 5.41) is 9.52. The lowest BCUT2D eigenvalue weighted by Crippen LogP contribution is -2.60. The molecule has 0 bridgehead atoms. The molecular weight excluding hydrogens is 380 g/mol. The Morgan fingerprint density at radius 2 is 2.00 bits per heavy atom. The van der Waals surface area contributed by atoms with Crippen molar-refractivity contribution in [3.8, 4) is 6.07 Å². The smallest absolute Gasteiger partial charge is 0.262 e. The zero-order valence-corrected chi connectivity index (χ0v) is 17.7. The molecule has 2 heterocycles. The predicted molar refractivity (Wildman–Crippen MR) is 110 cm³/mol. The van der Waals surface area contributed by atoms with Crippen LogP contribution in [0, 0.1) is 28.6 Å². The Morgan fingerprint density at radius 3 is 2.57 bits per heavy atom. The third-order valence-corrected chi connectivity index (χ3v) is 7.79. The number of rotatable bonds is 2. The minimum Gasteiger partial charge on any atom is -0.381 e. The average Bonchev–Trinajstić information content (AvgIpc) is 3.07. The van der Waals surface area contributed by atoms with Gasteiger partial charge in [-0.15, -0.1) is 0 Å². The quantitative estimate of drug-likeness (QED) is 0.806. The highest BCUT2D eigenvalue weighted by Crippen LogP contribution is 2.63. The molecule has 30 heavy (non-hydrogen) atoms. The number of carbonyl (C=O) groups excluding carboxylic acids is 1. The van der Waals surface area contributed by atoms with E-state index in [2.05, 4.69) is 19.9 Å². The maximum absolute atomic E-state index is 14.1. The van der Waals surface area contributed by atoms with Gasteiger partial charge in [0.1, 0.15) is 0 Å². The molecule has 2 N–H and O–H groups in total. The summed E-state index contributed by atoms with van der Waals surface area (Å²) in [6.45, 7) is 5.36. The van der Waals surface area contributed by atoms with Gasteiger partial charge in [0, 0.05) is 12.5 Å². The van der Waals surface area contributed by atoms with Crippen molar-refractivity contribution in [1.29, 1.82) is 5.26 Å². The molecule has 158 valence electrons. The minimum absolute atomic E-state index is 0.0580. The van der Waals surface area contributed by atoms with Crippen molar-refractivity contribution in [2.24, 2.45) is 28.0 Å². The molecular formula is C23H28N4O3. The van der Waals surface area contributed by atoms with Crippen molar-refractivity contribution in [2.45, 2.75) is 50.8 Å². The second-order valence-electron chi connectivity index (χ2n) is 9.55. The van der Waals surface area contributed by atoms with E-state index in [0.29, 0.717) is 18.8 Å². The number of nitriles is 1. The van der Waals surface area contributed by atoms with E-state index in [1.54, 1.807) is 12.0 Å². The third kappa shape index (κ3) is 2.32. The molecule has 2 fully saturated rings. The molecule has 0 aromatic heterocycles. The van der Waals surface area contributed by atoms with Crippen LogP contribution in [0.15, 0.2) is 23.2 Å². The Bertz CT molecular complexity index is 967. The SMILES string of the molecule is COC1[C@H](C)CC2(Cc3ccc(C#N)cc3C23N=C(N)N(C2COC2)C3=O)C[C@@H]1C. The molecule has 1 saturated heterocycles. The molecule has 7 heteroatoms. The minimum atomic E-state index is -1.07. The van der Waals surface area contributed by atoms with Gasteiger partial charge in [-0.2, -0.15) is 5.26 Å². The largest absolute Gasteiger partial charge is 0.381 e. The van der Waals surface area contributed by atoms with Gasteiger partial charge >= 0.3 is 0 Å². The molecule has 1 aromatic carbocycles. The normalized spacial score (nSPS) is 37.9. The lowest BCUT2D eigenvalue weighted by atomic mass is 9.56. The van der Waals surface area contributed by atoms with Crippen molar-refractivity contribution in [1.82, 2.24) is 4.90 Å². The standard InChI is InChI=1S/C23H28N4O3/c1-13-7-22(8-14(2)19(13)29-3)9-16-5-4-15(10-24)6-18(16)23(22)20(28)27(21(25)26-23)17-11-30-12-17/h4-6,13-14,17,19H,7-9,11-12H2,1-3H3,(H2,25,26)/t13-,14+,19?,22?,23?. The van der Waals surface area contributed by atoms with Gasteiger partial charge in [0.15, 0.2) is 11.5 Å². The van der Waals surface area contributed by atoms with E-state index < -0.39 is 5.54 Å². The number of carbonyl (C=O) groups is 1. The molecule has 0 radical (unpaired) electrons. The second kappa shape index (κ2) is 6.53. The van der Waals surface area contributed by atoms with Gasteiger partial charge in [-0.1, -0.05) is 19.9 Å². The predicted octanol–water partition coefficient (Wildman–Crippen LogP) is 1.93. The fourth-order valence-electron chi connectivity index (χ4n) is 6.73. The fourth-order valence-corrected chi connectivity index (χ4v) is 6.73. The average molecular weight is 409 g/mol. The van der Waals surface area contributed by atoms with Gasteiger partial charge in [0.2, 0.25) is 0 Å². The van der Waals surface area contributed by atoms with Crippen LogP contribution >= 0.6 is 0 Å². The lowest BCUT2D eigenvalue weighted by molar-refractivity contribution is -0.149. The fraction of sp³-hybridized carbons (Fsp3) is 0.609. The number of nitrogens with two attached hydrogens (primary N) is 1. The monoisotopic (exact) mass is 408 g/mol. The van der Waals surface area contributed by atoms with Crippen molar-refractivity contribution in [3.63, 3.8) is 0 Å². The van der Waals surface area contributed by atoms with E-state index in [1.165, 1.54) is 0 Å². The maximum Gasteiger partial charge on any atom is 0.262 e. The number of benzene rings is 1. The van der Waals surface area contributed by atoms with Crippen LogP contribution in [-0.4, -0.2) is 49.2 Å². The summed E-state index contributed by atoms with van der Waals surface area (Å²) in [6, 6.07) is 7.85. The summed E-state index contributed by atoms with van der Waals surface area (Å²) >= 11 is 0. The van der Waals surface area contributed by atoms with Crippen LogP contribution in [0.3, 0.4) is 0 Å². The van der Waals surface area contributed by atoms with Crippen LogP contribution < -0.4 is 5.73 Å². The van der Waals surface area contributed by atoms with Crippen molar-refractivity contribution < 1.29 is 14.3 Å². The van der Waals surface area contributed by atoms with Crippen LogP contribution in [0.4, 0.5) is 0 Å². The molecule has 2 spiro atoms. The van der Waals surface area contributed by atoms with Crippen LogP contribution in [0.5, 0.6) is 0 Å². The summed E-state index contributed by atoms with van der Waals surface area (Å²) in [5.41, 5.74) is 7.43. The Hall–Kier alpha value is -2.43. The highest BCUT2D eigenvalue weighted by molar-refractivity contribution is 6.09. The molecule has 2 aliphatic carbocycles. The van der Waals surface area contributed by atoms with E-state index in [-0.39, 0.29) is 41.3 Å². The Kier molecular flexibility index (Phi) is 4.25. The topological polar surface area (TPSA) is 101 Å². The first-order valence-corrected chi connectivity index (χ1v) is 10.7. The molecule has 4 aliphatic rings. The number of amides is 1. The van der Waals surface area contributed by atoms with Crippen LogP contribution in [0.1, 0.15) is 43.4 Å². The molecule has 1 saturated carbocycles. The molecule has 5 atom stereocenters. The zero-order valence-electron chi connectivity index (χ0n) is 17.7. The molecule has 1 amide bonds. The number of nitrogens with zero attached hydrogens (tertiary/aromatic N) is 3. The van der Waals surface area contributed by atoms with E-state index in [1.807, 2.05) is 18.2 Å². The number of methoxy groups -OCH3 is 1. The second-order valence-corrected chi connectivity index (χ2v) is 9.55. The number of aliphatic imine (C=N–C) groups is 1. The molecule has 2 aliphatic heterocycles. The van der Waals surface area contributed by atoms with Crippen LogP contribution in [0.25, 0.3) is 0 Å². The number of hydrogen-bond donors (Lipinski definition) is 1. The van der Waals surface area contributed by atoms with Gasteiger partial charge in [0.05, 0.1) is 37.0 Å². The highest BCUT2D eigenvalue weighted by atomic mass is 16.5. The highest BCUT2D eigenvalue weighted by Gasteiger charge is 2.69. The molecule has 7 nitrogen and oxygen atoms in total. The van der Waals surface area contributed by atoms with Gasteiger partial charge in [-0.3, -0.25) is 9.69 Å². The Labute approximate surface area is 176 Å².